The van der Waals surface area contributed by atoms with Gasteiger partial charge in [-0.1, -0.05) is 25.1 Å². The molecule has 9 heteroatoms. The second kappa shape index (κ2) is 13.8. The van der Waals surface area contributed by atoms with E-state index in [0.29, 0.717) is 30.0 Å². The number of methoxy groups -OCH3 is 1. The van der Waals surface area contributed by atoms with Crippen molar-refractivity contribution in [1.82, 2.24) is 5.48 Å². The molecule has 4 N–H and O–H groups in total. The average Bonchev–Trinajstić information content (AvgIpc) is 2.84. The minimum absolute atomic E-state index is 0.0854. The third-order valence-corrected chi connectivity index (χ3v) is 4.82. The highest BCUT2D eigenvalue weighted by Gasteiger charge is 2.23. The van der Waals surface area contributed by atoms with Gasteiger partial charge < -0.3 is 19.3 Å². The lowest BCUT2D eigenvalue weighted by Gasteiger charge is -2.25. The number of amides is 2. The number of carbonyl (C=O) groups excluding carboxylic acids is 2. The van der Waals surface area contributed by atoms with Crippen LogP contribution in [-0.2, 0) is 9.53 Å². The SMILES string of the molecule is COc1ccc(NC(=O)O[C@H](c2ccc(OCCO)cc2)[C@@H](C)CC/C=C/C(=O)NO)cc1. The topological polar surface area (TPSA) is 126 Å². The first-order valence-electron chi connectivity index (χ1n) is 10.5. The number of benzene rings is 2. The van der Waals surface area contributed by atoms with Crippen molar-refractivity contribution in [3.63, 3.8) is 0 Å². The van der Waals surface area contributed by atoms with Gasteiger partial charge in [0, 0.05) is 11.8 Å². The molecule has 0 bridgehead atoms. The fraction of sp³-hybridized carbons (Fsp3) is 0.333. The second-order valence-electron chi connectivity index (χ2n) is 7.25. The summed E-state index contributed by atoms with van der Waals surface area (Å²) >= 11 is 0. The number of anilines is 1. The van der Waals surface area contributed by atoms with E-state index in [2.05, 4.69) is 5.32 Å². The zero-order chi connectivity index (χ0) is 24.1. The average molecular weight is 459 g/mol. The number of rotatable bonds is 12. The maximum atomic E-state index is 12.6. The number of hydroxylamine groups is 1. The molecule has 33 heavy (non-hydrogen) atoms. The minimum atomic E-state index is -0.604. The Labute approximate surface area is 192 Å². The highest BCUT2D eigenvalue weighted by Crippen LogP contribution is 2.31. The molecule has 0 radical (unpaired) electrons. The zero-order valence-corrected chi connectivity index (χ0v) is 18.7. The van der Waals surface area contributed by atoms with E-state index in [1.165, 1.54) is 11.6 Å². The quantitative estimate of drug-likeness (QED) is 0.216. The van der Waals surface area contributed by atoms with E-state index in [9.17, 15) is 9.59 Å². The van der Waals surface area contributed by atoms with Gasteiger partial charge >= 0.3 is 6.09 Å². The molecule has 2 aromatic rings. The number of allylic oxidation sites excluding steroid dienone is 1. The van der Waals surface area contributed by atoms with Crippen molar-refractivity contribution >= 4 is 17.7 Å². The van der Waals surface area contributed by atoms with Gasteiger partial charge in [0.2, 0.25) is 0 Å². The Hall–Kier alpha value is -3.56. The van der Waals surface area contributed by atoms with Crippen molar-refractivity contribution in [3.05, 3.63) is 66.2 Å². The molecule has 178 valence electrons. The molecular formula is C24H30N2O7. The Balaban J connectivity index is 2.10. The Bertz CT molecular complexity index is 898. The summed E-state index contributed by atoms with van der Waals surface area (Å²) in [7, 11) is 1.56. The van der Waals surface area contributed by atoms with Crippen LogP contribution in [0.4, 0.5) is 10.5 Å². The van der Waals surface area contributed by atoms with E-state index >= 15 is 0 Å². The summed E-state index contributed by atoms with van der Waals surface area (Å²) in [5, 5.41) is 20.2. The largest absolute Gasteiger partial charge is 0.497 e. The maximum absolute atomic E-state index is 12.6. The molecule has 0 unspecified atom stereocenters. The Morgan fingerprint density at radius 3 is 2.33 bits per heavy atom. The molecule has 0 saturated carbocycles. The fourth-order valence-electron chi connectivity index (χ4n) is 3.11. The van der Waals surface area contributed by atoms with Crippen LogP contribution < -0.4 is 20.3 Å². The molecule has 2 atom stereocenters. The highest BCUT2D eigenvalue weighted by molar-refractivity contribution is 5.86. The lowest BCUT2D eigenvalue weighted by molar-refractivity contribution is -0.124. The van der Waals surface area contributed by atoms with E-state index in [0.717, 1.165) is 5.56 Å². The van der Waals surface area contributed by atoms with Crippen molar-refractivity contribution in [2.45, 2.75) is 25.9 Å². The number of hydrogen-bond donors (Lipinski definition) is 4. The van der Waals surface area contributed by atoms with E-state index in [4.69, 9.17) is 24.5 Å². The van der Waals surface area contributed by atoms with Crippen LogP contribution in [0.5, 0.6) is 11.5 Å². The molecule has 0 heterocycles. The predicted molar refractivity (Wildman–Crippen MR) is 122 cm³/mol. The number of hydrogen-bond acceptors (Lipinski definition) is 7. The van der Waals surface area contributed by atoms with Crippen molar-refractivity contribution in [2.24, 2.45) is 5.92 Å². The Morgan fingerprint density at radius 1 is 1.06 bits per heavy atom. The molecule has 0 aromatic heterocycles. The van der Waals surface area contributed by atoms with Crippen LogP contribution in [0.1, 0.15) is 31.4 Å². The van der Waals surface area contributed by atoms with Gasteiger partial charge in [-0.25, -0.2) is 10.3 Å². The van der Waals surface area contributed by atoms with Crippen molar-refractivity contribution in [3.8, 4) is 11.5 Å². The van der Waals surface area contributed by atoms with Crippen LogP contribution >= 0.6 is 0 Å². The predicted octanol–water partition coefficient (Wildman–Crippen LogP) is 3.83. The molecule has 2 aromatic carbocycles. The number of aliphatic hydroxyl groups excluding tert-OH is 1. The molecule has 0 spiro atoms. The van der Waals surface area contributed by atoms with Crippen LogP contribution in [0.3, 0.4) is 0 Å². The molecule has 2 rings (SSSR count). The summed E-state index contributed by atoms with van der Waals surface area (Å²) in [4.78, 5) is 23.7. The summed E-state index contributed by atoms with van der Waals surface area (Å²) in [6.45, 7) is 2.05. The van der Waals surface area contributed by atoms with Gasteiger partial charge in [-0.2, -0.15) is 0 Å². The highest BCUT2D eigenvalue weighted by atomic mass is 16.6. The van der Waals surface area contributed by atoms with E-state index < -0.39 is 18.1 Å². The van der Waals surface area contributed by atoms with Crippen molar-refractivity contribution < 1.29 is 34.1 Å². The molecule has 2 amide bonds. The minimum Gasteiger partial charge on any atom is -0.497 e. The molecule has 9 nitrogen and oxygen atoms in total. The van der Waals surface area contributed by atoms with E-state index in [-0.39, 0.29) is 19.1 Å². The summed E-state index contributed by atoms with van der Waals surface area (Å²) in [5.41, 5.74) is 2.89. The Kier molecular flexibility index (Phi) is 10.7. The first kappa shape index (κ1) is 25.7. The van der Waals surface area contributed by atoms with E-state index in [1.54, 1.807) is 49.6 Å². The summed E-state index contributed by atoms with van der Waals surface area (Å²) < 4.78 is 16.3. The standard InChI is InChI=1S/C24H30N2O7/c1-17(5-3-4-6-22(28)26-30)23(18-7-11-21(12-8-18)32-16-15-27)33-24(29)25-19-9-13-20(31-2)14-10-19/h4,6-14,17,23,27,30H,3,5,15-16H2,1-2H3,(H,25,29)(H,26,28)/b6-4+/t17-,23-/m0/s1. The second-order valence-corrected chi connectivity index (χ2v) is 7.25. The van der Waals surface area contributed by atoms with Gasteiger partial charge in [-0.15, -0.1) is 0 Å². The smallest absolute Gasteiger partial charge is 0.412 e. The van der Waals surface area contributed by atoms with Crippen LogP contribution in [0.2, 0.25) is 0 Å². The molecule has 0 fully saturated rings. The molecule has 0 aliphatic rings. The van der Waals surface area contributed by atoms with E-state index in [1.807, 2.05) is 19.1 Å². The number of ether oxygens (including phenoxy) is 3. The van der Waals surface area contributed by atoms with Gasteiger partial charge in [-0.05, 0) is 60.7 Å². The molecular weight excluding hydrogens is 428 g/mol. The number of nitrogens with one attached hydrogen (secondary N) is 2. The monoisotopic (exact) mass is 458 g/mol. The zero-order valence-electron chi connectivity index (χ0n) is 18.7. The van der Waals surface area contributed by atoms with Crippen molar-refractivity contribution in [1.29, 1.82) is 0 Å². The van der Waals surface area contributed by atoms with Crippen LogP contribution in [-0.4, -0.2) is 42.6 Å². The number of carbonyl (C=O) groups is 2. The normalized spacial score (nSPS) is 12.6. The van der Waals surface area contributed by atoms with Crippen LogP contribution in [0.15, 0.2) is 60.7 Å². The summed E-state index contributed by atoms with van der Waals surface area (Å²) in [5.74, 6) is 0.581. The van der Waals surface area contributed by atoms with Gasteiger partial charge in [0.15, 0.2) is 0 Å². The Morgan fingerprint density at radius 2 is 1.73 bits per heavy atom. The van der Waals surface area contributed by atoms with Gasteiger partial charge in [0.1, 0.15) is 24.2 Å². The first-order chi connectivity index (χ1) is 16.0. The summed E-state index contributed by atoms with van der Waals surface area (Å²) in [6.07, 6.45) is 2.89. The van der Waals surface area contributed by atoms with Gasteiger partial charge in [0.05, 0.1) is 13.7 Å². The first-order valence-corrected chi connectivity index (χ1v) is 10.5. The lowest BCUT2D eigenvalue weighted by atomic mass is 9.93. The molecule has 0 aliphatic heterocycles. The summed E-state index contributed by atoms with van der Waals surface area (Å²) in [6, 6.07) is 14.0. The molecule has 0 aliphatic carbocycles. The molecule has 0 saturated heterocycles. The van der Waals surface area contributed by atoms with Crippen LogP contribution in [0.25, 0.3) is 0 Å². The third kappa shape index (κ3) is 8.83. The lowest BCUT2D eigenvalue weighted by Crippen LogP contribution is -2.22. The van der Waals surface area contributed by atoms with Crippen molar-refractivity contribution in [2.75, 3.05) is 25.6 Å². The fourth-order valence-corrected chi connectivity index (χ4v) is 3.11. The maximum Gasteiger partial charge on any atom is 0.412 e. The van der Waals surface area contributed by atoms with Crippen LogP contribution in [0, 0.1) is 5.92 Å². The van der Waals surface area contributed by atoms with Gasteiger partial charge in [-0.3, -0.25) is 15.3 Å². The van der Waals surface area contributed by atoms with Gasteiger partial charge in [0.25, 0.3) is 5.91 Å². The third-order valence-electron chi connectivity index (χ3n) is 4.82. The number of aliphatic hydroxyl groups is 1.